The zero-order valence-corrected chi connectivity index (χ0v) is 15.7. The number of primary amides is 1. The molecule has 1 amide bonds. The minimum Gasteiger partial charge on any atom is -0.366 e. The summed E-state index contributed by atoms with van der Waals surface area (Å²) < 4.78 is 0. The molecule has 0 spiro atoms. The molecule has 4 rings (SSSR count). The number of nitrogens with one attached hydrogen (secondary N) is 1. The molecule has 7 heteroatoms. The highest BCUT2D eigenvalue weighted by atomic mass is 35.5. The number of amides is 1. The molecule has 0 atom stereocenters. The predicted octanol–water partition coefficient (Wildman–Crippen LogP) is 2.68. The number of anilines is 1. The molecule has 140 valence electrons. The van der Waals surface area contributed by atoms with Crippen molar-refractivity contribution in [3.05, 3.63) is 58.6 Å². The summed E-state index contributed by atoms with van der Waals surface area (Å²) in [7, 11) is 0. The van der Waals surface area contributed by atoms with E-state index in [0.29, 0.717) is 11.1 Å². The molecule has 0 aliphatic carbocycles. The molecule has 1 aliphatic rings. The number of carbonyl (C=O) groups is 1. The zero-order valence-electron chi connectivity index (χ0n) is 15.0. The van der Waals surface area contributed by atoms with E-state index < -0.39 is 5.91 Å². The van der Waals surface area contributed by atoms with Crippen LogP contribution >= 0.6 is 11.6 Å². The van der Waals surface area contributed by atoms with Crippen LogP contribution in [0, 0.1) is 0 Å². The largest absolute Gasteiger partial charge is 0.366 e. The quantitative estimate of drug-likeness (QED) is 0.710. The van der Waals surface area contributed by atoms with Gasteiger partial charge in [0.2, 0.25) is 5.95 Å². The first-order valence-electron chi connectivity index (χ1n) is 9.10. The first kappa shape index (κ1) is 17.8. The van der Waals surface area contributed by atoms with Crippen LogP contribution in [0.3, 0.4) is 0 Å². The van der Waals surface area contributed by atoms with Crippen molar-refractivity contribution >= 4 is 34.5 Å². The normalized spacial score (nSPS) is 15.4. The molecule has 2 heterocycles. The van der Waals surface area contributed by atoms with Crippen molar-refractivity contribution in [1.82, 2.24) is 14.9 Å². The number of carbonyl (C=O) groups excluding carboxylic acids is 1. The van der Waals surface area contributed by atoms with Gasteiger partial charge in [-0.25, -0.2) is 4.98 Å². The second-order valence-electron chi connectivity index (χ2n) is 6.83. The molecule has 0 radical (unpaired) electrons. The summed E-state index contributed by atoms with van der Waals surface area (Å²) in [6, 6.07) is 13.5. The Hall–Kier alpha value is -2.57. The van der Waals surface area contributed by atoms with Gasteiger partial charge in [-0.2, -0.15) is 0 Å². The molecule has 3 N–H and O–H groups in total. The van der Waals surface area contributed by atoms with Crippen LogP contribution in [0.2, 0.25) is 5.02 Å². The summed E-state index contributed by atoms with van der Waals surface area (Å²) in [6.07, 6.45) is 1.02. The van der Waals surface area contributed by atoms with Crippen LogP contribution in [0.4, 0.5) is 5.95 Å². The Morgan fingerprint density at radius 3 is 2.56 bits per heavy atom. The van der Waals surface area contributed by atoms with Gasteiger partial charge in [-0.05, 0) is 36.2 Å². The maximum atomic E-state index is 11.6. The van der Waals surface area contributed by atoms with Gasteiger partial charge in [0.15, 0.2) is 0 Å². The Labute approximate surface area is 162 Å². The van der Waals surface area contributed by atoms with Crippen molar-refractivity contribution < 1.29 is 4.79 Å². The lowest BCUT2D eigenvalue weighted by molar-refractivity contribution is 0.100. The number of aromatic nitrogens is 2. The fourth-order valence-electron chi connectivity index (χ4n) is 3.49. The van der Waals surface area contributed by atoms with Gasteiger partial charge in [-0.15, -0.1) is 0 Å². The highest BCUT2D eigenvalue weighted by molar-refractivity contribution is 6.30. The second kappa shape index (κ2) is 7.58. The van der Waals surface area contributed by atoms with E-state index in [1.807, 2.05) is 24.3 Å². The van der Waals surface area contributed by atoms with Crippen LogP contribution < -0.4 is 10.6 Å². The molecule has 6 nitrogen and oxygen atoms in total. The number of hydrogen-bond donors (Lipinski definition) is 2. The lowest BCUT2D eigenvalue weighted by Crippen LogP contribution is -2.47. The lowest BCUT2D eigenvalue weighted by atomic mass is 10.1. The van der Waals surface area contributed by atoms with E-state index in [0.717, 1.165) is 55.6 Å². The van der Waals surface area contributed by atoms with Crippen molar-refractivity contribution in [1.29, 1.82) is 0 Å². The van der Waals surface area contributed by atoms with Gasteiger partial charge in [0.1, 0.15) is 5.52 Å². The molecule has 27 heavy (non-hydrogen) atoms. The number of piperazine rings is 1. The van der Waals surface area contributed by atoms with E-state index in [2.05, 4.69) is 31.9 Å². The maximum absolute atomic E-state index is 11.6. The highest BCUT2D eigenvalue weighted by Crippen LogP contribution is 2.21. The first-order chi connectivity index (χ1) is 13.1. The minimum absolute atomic E-state index is 0.453. The maximum Gasteiger partial charge on any atom is 0.250 e. The topological polar surface area (TPSA) is 78.2 Å². The Balaban J connectivity index is 1.37. The Morgan fingerprint density at radius 2 is 1.85 bits per heavy atom. The van der Waals surface area contributed by atoms with Crippen LogP contribution in [0.1, 0.15) is 15.9 Å². The molecule has 1 saturated heterocycles. The number of benzene rings is 2. The molecule has 1 fully saturated rings. The Bertz CT molecular complexity index is 945. The number of rotatable bonds is 5. The van der Waals surface area contributed by atoms with Gasteiger partial charge >= 0.3 is 0 Å². The number of hydrogen-bond acceptors (Lipinski definition) is 4. The third-order valence-electron chi connectivity index (χ3n) is 5.07. The average molecular weight is 384 g/mol. The molecule has 1 aromatic heterocycles. The predicted molar refractivity (Wildman–Crippen MR) is 108 cm³/mol. The van der Waals surface area contributed by atoms with E-state index in [1.54, 1.807) is 6.07 Å². The number of aromatic amines is 1. The summed E-state index contributed by atoms with van der Waals surface area (Å²) in [5.74, 6) is 0.349. The third-order valence-corrected chi connectivity index (χ3v) is 5.32. The molecule has 0 bridgehead atoms. The number of nitrogens with two attached hydrogens (primary N) is 1. The number of halogens is 1. The fourth-order valence-corrected chi connectivity index (χ4v) is 3.62. The number of fused-ring (bicyclic) bond motifs is 1. The third kappa shape index (κ3) is 3.91. The van der Waals surface area contributed by atoms with Gasteiger partial charge in [0, 0.05) is 37.7 Å². The van der Waals surface area contributed by atoms with Crippen molar-refractivity contribution in [2.45, 2.75) is 6.42 Å². The van der Waals surface area contributed by atoms with Crippen LogP contribution in [0.25, 0.3) is 11.0 Å². The Kier molecular flexibility index (Phi) is 5.01. The molecule has 3 aromatic rings. The summed E-state index contributed by atoms with van der Waals surface area (Å²) in [5, 5.41) is 0.776. The number of imidazole rings is 1. The molecular formula is C20H22ClN5O. The van der Waals surface area contributed by atoms with Gasteiger partial charge in [0.05, 0.1) is 11.1 Å². The van der Waals surface area contributed by atoms with Gasteiger partial charge in [0.25, 0.3) is 5.91 Å². The van der Waals surface area contributed by atoms with Gasteiger partial charge in [-0.1, -0.05) is 29.8 Å². The molecule has 1 aliphatic heterocycles. The highest BCUT2D eigenvalue weighted by Gasteiger charge is 2.20. The van der Waals surface area contributed by atoms with E-state index in [9.17, 15) is 4.79 Å². The van der Waals surface area contributed by atoms with E-state index in [1.165, 1.54) is 5.56 Å². The fraction of sp³-hybridized carbons (Fsp3) is 0.300. The van der Waals surface area contributed by atoms with Crippen molar-refractivity contribution in [2.24, 2.45) is 5.73 Å². The Morgan fingerprint density at radius 1 is 1.11 bits per heavy atom. The van der Waals surface area contributed by atoms with E-state index >= 15 is 0 Å². The van der Waals surface area contributed by atoms with Crippen molar-refractivity contribution in [2.75, 3.05) is 37.6 Å². The van der Waals surface area contributed by atoms with Gasteiger partial charge < -0.3 is 15.6 Å². The SMILES string of the molecule is NC(=O)c1cccc2[nH]c(N3CCN(CCc4ccc(Cl)cc4)CC3)nc12. The number of nitrogens with zero attached hydrogens (tertiary/aromatic N) is 3. The standard InChI is InChI=1S/C20H22ClN5O/c21-15-6-4-14(5-7-15)8-9-25-10-12-26(13-11-25)20-23-17-3-1-2-16(19(22)27)18(17)24-20/h1-7H,8-13H2,(H2,22,27)(H,23,24). The first-order valence-corrected chi connectivity index (χ1v) is 9.48. The minimum atomic E-state index is -0.453. The van der Waals surface area contributed by atoms with Crippen molar-refractivity contribution in [3.8, 4) is 0 Å². The molecular weight excluding hydrogens is 362 g/mol. The summed E-state index contributed by atoms with van der Waals surface area (Å²) in [4.78, 5) is 24.2. The van der Waals surface area contributed by atoms with Gasteiger partial charge in [-0.3, -0.25) is 9.69 Å². The summed E-state index contributed by atoms with van der Waals surface area (Å²) in [5.41, 5.74) is 8.70. The average Bonchev–Trinajstić information content (AvgIpc) is 3.12. The van der Waals surface area contributed by atoms with Crippen LogP contribution in [-0.2, 0) is 6.42 Å². The van der Waals surface area contributed by atoms with E-state index in [-0.39, 0.29) is 0 Å². The summed E-state index contributed by atoms with van der Waals surface area (Å²) >= 11 is 5.94. The van der Waals surface area contributed by atoms with Crippen LogP contribution in [0.15, 0.2) is 42.5 Å². The van der Waals surface area contributed by atoms with Crippen LogP contribution in [-0.4, -0.2) is 53.5 Å². The molecule has 0 saturated carbocycles. The zero-order chi connectivity index (χ0) is 18.8. The lowest BCUT2D eigenvalue weighted by Gasteiger charge is -2.34. The van der Waals surface area contributed by atoms with Crippen molar-refractivity contribution in [3.63, 3.8) is 0 Å². The molecule has 0 unspecified atom stereocenters. The molecule has 2 aromatic carbocycles. The summed E-state index contributed by atoms with van der Waals surface area (Å²) in [6.45, 7) is 4.78. The second-order valence-corrected chi connectivity index (χ2v) is 7.27. The van der Waals surface area contributed by atoms with Crippen LogP contribution in [0.5, 0.6) is 0 Å². The number of H-pyrrole nitrogens is 1. The smallest absolute Gasteiger partial charge is 0.250 e. The monoisotopic (exact) mass is 383 g/mol. The van der Waals surface area contributed by atoms with E-state index in [4.69, 9.17) is 17.3 Å². The number of para-hydroxylation sites is 1.